The van der Waals surface area contributed by atoms with Gasteiger partial charge in [-0.05, 0) is 38.2 Å². The zero-order valence-electron chi connectivity index (χ0n) is 14.5. The molecule has 1 aromatic heterocycles. The molecule has 2 aromatic rings. The first-order valence-corrected chi connectivity index (χ1v) is 8.93. The van der Waals surface area contributed by atoms with Crippen molar-refractivity contribution in [2.75, 3.05) is 13.1 Å². The van der Waals surface area contributed by atoms with E-state index in [1.165, 1.54) is 0 Å². The highest BCUT2D eigenvalue weighted by atomic mass is 16.5. The zero-order chi connectivity index (χ0) is 17.3. The molecule has 0 spiro atoms. The van der Waals surface area contributed by atoms with E-state index in [0.717, 1.165) is 37.8 Å². The Kier molecular flexibility index (Phi) is 4.29. The monoisotopic (exact) mass is 341 g/mol. The molecule has 4 rings (SSSR count). The topological polar surface area (TPSA) is 68.5 Å². The molecule has 1 saturated carbocycles. The number of aryl methyl sites for hydroxylation is 1. The van der Waals surface area contributed by atoms with Crippen LogP contribution in [0, 0.1) is 6.92 Å². The Morgan fingerprint density at radius 3 is 2.84 bits per heavy atom. The van der Waals surface area contributed by atoms with Gasteiger partial charge in [-0.15, -0.1) is 0 Å². The first kappa shape index (κ1) is 16.3. The molecule has 2 heterocycles. The maximum Gasteiger partial charge on any atom is 0.252 e. The van der Waals surface area contributed by atoms with E-state index in [0.29, 0.717) is 24.9 Å². The zero-order valence-corrected chi connectivity index (χ0v) is 14.5. The number of benzene rings is 1. The Bertz CT molecular complexity index is 739. The summed E-state index contributed by atoms with van der Waals surface area (Å²) in [5.74, 6) is 1.35. The van der Waals surface area contributed by atoms with Crippen molar-refractivity contribution in [3.8, 4) is 0 Å². The third kappa shape index (κ3) is 3.31. The van der Waals surface area contributed by atoms with Gasteiger partial charge in [0.2, 0.25) is 5.91 Å². The van der Waals surface area contributed by atoms with Crippen molar-refractivity contribution >= 4 is 5.91 Å². The fraction of sp³-hybridized carbons (Fsp3) is 0.526. The highest BCUT2D eigenvalue weighted by Gasteiger charge is 2.53. The first-order valence-electron chi connectivity index (χ1n) is 8.93. The van der Waals surface area contributed by atoms with Crippen molar-refractivity contribution in [1.29, 1.82) is 0 Å². The number of amides is 1. The largest absolute Gasteiger partial charge is 0.367 e. The van der Waals surface area contributed by atoms with Crippen LogP contribution in [0.1, 0.15) is 43.0 Å². The number of nitrogens with zero attached hydrogens (tertiary/aromatic N) is 3. The lowest BCUT2D eigenvalue weighted by molar-refractivity contribution is -0.138. The smallest absolute Gasteiger partial charge is 0.252 e. The van der Waals surface area contributed by atoms with Crippen LogP contribution in [0.4, 0.5) is 0 Å². The van der Waals surface area contributed by atoms with Crippen molar-refractivity contribution in [2.24, 2.45) is 0 Å². The molecule has 1 aliphatic carbocycles. The van der Waals surface area contributed by atoms with Gasteiger partial charge >= 0.3 is 0 Å². The number of ether oxygens (including phenoxy) is 1. The molecule has 1 aromatic carbocycles. The molecular formula is C19H23N3O3. The van der Waals surface area contributed by atoms with E-state index in [4.69, 9.17) is 9.26 Å². The molecule has 1 saturated heterocycles. The van der Waals surface area contributed by atoms with E-state index in [2.05, 4.69) is 22.3 Å². The van der Waals surface area contributed by atoms with Gasteiger partial charge in [0, 0.05) is 13.1 Å². The van der Waals surface area contributed by atoms with Crippen LogP contribution in [0.15, 0.2) is 34.9 Å². The minimum Gasteiger partial charge on any atom is -0.367 e. The number of piperidine rings is 1. The molecule has 0 N–H and O–H groups in total. The highest BCUT2D eigenvalue weighted by molar-refractivity contribution is 5.91. The average molecular weight is 341 g/mol. The van der Waals surface area contributed by atoms with Gasteiger partial charge < -0.3 is 14.2 Å². The lowest BCUT2D eigenvalue weighted by Crippen LogP contribution is -2.47. The standard InChI is InChI=1S/C19H23N3O3/c1-14-20-17(25-21-14)13-24-16-8-5-11-22(12-16)18(23)19(9-10-19)15-6-3-2-4-7-15/h2-4,6-7,16H,5,8-13H2,1H3/t16-/m1/s1. The molecule has 6 nitrogen and oxygen atoms in total. The third-order valence-corrected chi connectivity index (χ3v) is 5.16. The Hall–Kier alpha value is -2.21. The first-order chi connectivity index (χ1) is 12.2. The van der Waals surface area contributed by atoms with Gasteiger partial charge in [0.05, 0.1) is 11.5 Å². The van der Waals surface area contributed by atoms with E-state index in [1.54, 1.807) is 6.92 Å². The van der Waals surface area contributed by atoms with Gasteiger partial charge in [-0.25, -0.2) is 0 Å². The molecule has 0 bridgehead atoms. The predicted octanol–water partition coefficient (Wildman–Crippen LogP) is 2.62. The lowest BCUT2D eigenvalue weighted by Gasteiger charge is -2.35. The molecule has 2 fully saturated rings. The number of aromatic nitrogens is 2. The summed E-state index contributed by atoms with van der Waals surface area (Å²) >= 11 is 0. The van der Waals surface area contributed by atoms with Crippen molar-refractivity contribution in [3.63, 3.8) is 0 Å². The number of carbonyl (C=O) groups excluding carboxylic acids is 1. The van der Waals surface area contributed by atoms with Crippen molar-refractivity contribution in [1.82, 2.24) is 15.0 Å². The molecule has 1 aliphatic heterocycles. The van der Waals surface area contributed by atoms with E-state index in [9.17, 15) is 4.79 Å². The summed E-state index contributed by atoms with van der Waals surface area (Å²) in [5.41, 5.74) is 0.844. The Morgan fingerprint density at radius 1 is 1.36 bits per heavy atom. The molecule has 1 atom stereocenters. The fourth-order valence-electron chi connectivity index (χ4n) is 3.66. The van der Waals surface area contributed by atoms with Gasteiger partial charge in [0.1, 0.15) is 6.61 Å². The lowest BCUT2D eigenvalue weighted by atomic mass is 9.93. The maximum atomic E-state index is 13.1. The minimum atomic E-state index is -0.299. The summed E-state index contributed by atoms with van der Waals surface area (Å²) in [6, 6.07) is 10.2. The van der Waals surface area contributed by atoms with E-state index in [1.807, 2.05) is 23.1 Å². The summed E-state index contributed by atoms with van der Waals surface area (Å²) in [7, 11) is 0. The van der Waals surface area contributed by atoms with Crippen LogP contribution in [0.25, 0.3) is 0 Å². The van der Waals surface area contributed by atoms with E-state index < -0.39 is 0 Å². The van der Waals surface area contributed by atoms with Crippen LogP contribution in [-0.2, 0) is 21.6 Å². The van der Waals surface area contributed by atoms with Gasteiger partial charge in [0.15, 0.2) is 5.82 Å². The molecule has 0 unspecified atom stereocenters. The quantitative estimate of drug-likeness (QED) is 0.836. The Balaban J connectivity index is 1.38. The second-order valence-electron chi connectivity index (χ2n) is 7.01. The molecule has 6 heteroatoms. The molecular weight excluding hydrogens is 318 g/mol. The van der Waals surface area contributed by atoms with Crippen LogP contribution in [0.3, 0.4) is 0 Å². The average Bonchev–Trinajstić information content (AvgIpc) is 3.37. The minimum absolute atomic E-state index is 0.0245. The predicted molar refractivity (Wildman–Crippen MR) is 90.8 cm³/mol. The van der Waals surface area contributed by atoms with Gasteiger partial charge in [-0.1, -0.05) is 35.5 Å². The van der Waals surface area contributed by atoms with Gasteiger partial charge in [0.25, 0.3) is 5.89 Å². The molecule has 132 valence electrons. The van der Waals surface area contributed by atoms with Gasteiger partial charge in [-0.2, -0.15) is 4.98 Å². The Labute approximate surface area is 147 Å². The fourth-order valence-corrected chi connectivity index (χ4v) is 3.66. The molecule has 1 amide bonds. The number of rotatable bonds is 5. The normalized spacial score (nSPS) is 22.0. The van der Waals surface area contributed by atoms with Crippen molar-refractivity contribution in [3.05, 3.63) is 47.6 Å². The highest BCUT2D eigenvalue weighted by Crippen LogP contribution is 2.49. The van der Waals surface area contributed by atoms with Crippen LogP contribution >= 0.6 is 0 Å². The summed E-state index contributed by atoms with van der Waals surface area (Å²) in [4.78, 5) is 19.3. The number of carbonyl (C=O) groups is 1. The summed E-state index contributed by atoms with van der Waals surface area (Å²) < 4.78 is 11.0. The number of hydrogen-bond acceptors (Lipinski definition) is 5. The van der Waals surface area contributed by atoms with Crippen molar-refractivity contribution < 1.29 is 14.1 Å². The van der Waals surface area contributed by atoms with Gasteiger partial charge in [-0.3, -0.25) is 4.79 Å². The number of likely N-dealkylation sites (tertiary alicyclic amines) is 1. The second kappa shape index (κ2) is 6.59. The third-order valence-electron chi connectivity index (χ3n) is 5.16. The van der Waals surface area contributed by atoms with E-state index in [-0.39, 0.29) is 17.4 Å². The Morgan fingerprint density at radius 2 is 2.16 bits per heavy atom. The SMILES string of the molecule is Cc1noc(CO[C@@H]2CCCN(C(=O)C3(c4ccccc4)CC3)C2)n1. The molecule has 2 aliphatic rings. The summed E-state index contributed by atoms with van der Waals surface area (Å²) in [5, 5.41) is 3.77. The van der Waals surface area contributed by atoms with Crippen LogP contribution in [0.2, 0.25) is 0 Å². The second-order valence-corrected chi connectivity index (χ2v) is 7.01. The number of hydrogen-bond donors (Lipinski definition) is 0. The summed E-state index contributed by atoms with van der Waals surface area (Å²) in [6.07, 6.45) is 3.83. The van der Waals surface area contributed by atoms with Crippen molar-refractivity contribution in [2.45, 2.75) is 50.7 Å². The molecule has 25 heavy (non-hydrogen) atoms. The maximum absolute atomic E-state index is 13.1. The molecule has 0 radical (unpaired) electrons. The van der Waals surface area contributed by atoms with Crippen LogP contribution < -0.4 is 0 Å². The van der Waals surface area contributed by atoms with Crippen LogP contribution in [0.5, 0.6) is 0 Å². The summed E-state index contributed by atoms with van der Waals surface area (Å²) in [6.45, 7) is 3.54. The van der Waals surface area contributed by atoms with E-state index >= 15 is 0 Å². The van der Waals surface area contributed by atoms with Crippen LogP contribution in [-0.4, -0.2) is 40.1 Å².